The van der Waals surface area contributed by atoms with E-state index < -0.39 is 5.41 Å². The lowest BCUT2D eigenvalue weighted by atomic mass is 9.67. The van der Waals surface area contributed by atoms with Crippen LogP contribution in [0.3, 0.4) is 0 Å². The highest BCUT2D eigenvalue weighted by Gasteiger charge is 2.39. The third-order valence-corrected chi connectivity index (χ3v) is 4.79. The quantitative estimate of drug-likeness (QED) is 0.734. The van der Waals surface area contributed by atoms with Gasteiger partial charge in [-0.05, 0) is 37.5 Å². The van der Waals surface area contributed by atoms with E-state index >= 15 is 0 Å². The van der Waals surface area contributed by atoms with E-state index in [9.17, 15) is 9.59 Å². The summed E-state index contributed by atoms with van der Waals surface area (Å²) in [6, 6.07) is 0.534. The van der Waals surface area contributed by atoms with Crippen molar-refractivity contribution in [3.8, 4) is 0 Å². The van der Waals surface area contributed by atoms with E-state index in [1.165, 1.54) is 6.42 Å². The maximum atomic E-state index is 12.1. The Morgan fingerprint density at radius 1 is 1.14 bits per heavy atom. The van der Waals surface area contributed by atoms with Gasteiger partial charge in [-0.25, -0.2) is 0 Å². The van der Waals surface area contributed by atoms with Crippen molar-refractivity contribution in [1.82, 2.24) is 10.6 Å². The van der Waals surface area contributed by atoms with Crippen LogP contribution in [0, 0.1) is 17.3 Å². The highest BCUT2D eigenvalue weighted by atomic mass is 35.5. The molecule has 2 aliphatic carbocycles. The number of carbonyl (C=O) groups excluding carboxylic acids is 2. The average Bonchev–Trinajstić information content (AvgIpc) is 2.36. The van der Waals surface area contributed by atoms with Crippen LogP contribution < -0.4 is 16.4 Å². The number of carbonyl (C=O) groups is 2. The molecule has 2 atom stereocenters. The molecule has 2 aliphatic rings. The Labute approximate surface area is 139 Å². The predicted octanol–water partition coefficient (Wildman–Crippen LogP) is 1.59. The van der Waals surface area contributed by atoms with Gasteiger partial charge in [-0.3, -0.25) is 9.59 Å². The van der Waals surface area contributed by atoms with Crippen LogP contribution in [0.1, 0.15) is 52.9 Å². The Morgan fingerprint density at radius 3 is 2.18 bits per heavy atom. The van der Waals surface area contributed by atoms with Crippen molar-refractivity contribution in [3.63, 3.8) is 0 Å². The molecule has 4 N–H and O–H groups in total. The second-order valence-electron chi connectivity index (χ2n) is 7.71. The fraction of sp³-hybridized carbons (Fsp3) is 0.875. The molecule has 2 saturated carbocycles. The molecule has 0 aromatic heterocycles. The summed E-state index contributed by atoms with van der Waals surface area (Å²) < 4.78 is 0. The Kier molecular flexibility index (Phi) is 6.68. The van der Waals surface area contributed by atoms with E-state index in [1.807, 2.05) is 20.8 Å². The van der Waals surface area contributed by atoms with E-state index in [0.717, 1.165) is 25.7 Å². The molecule has 2 amide bonds. The van der Waals surface area contributed by atoms with Crippen molar-refractivity contribution in [2.75, 3.05) is 6.54 Å². The monoisotopic (exact) mass is 331 g/mol. The van der Waals surface area contributed by atoms with Gasteiger partial charge in [-0.15, -0.1) is 12.4 Å². The number of amides is 2. The van der Waals surface area contributed by atoms with Crippen molar-refractivity contribution in [2.45, 2.75) is 65.0 Å². The highest BCUT2D eigenvalue weighted by Crippen LogP contribution is 2.39. The van der Waals surface area contributed by atoms with E-state index in [-0.39, 0.29) is 42.8 Å². The molecular formula is C16H30ClN3O2. The van der Waals surface area contributed by atoms with Crippen LogP contribution in [-0.4, -0.2) is 30.4 Å². The molecule has 2 fully saturated rings. The van der Waals surface area contributed by atoms with Gasteiger partial charge in [-0.1, -0.05) is 27.2 Å². The second-order valence-corrected chi connectivity index (χ2v) is 7.71. The zero-order valence-electron chi connectivity index (χ0n) is 13.9. The maximum absolute atomic E-state index is 12.1. The molecule has 2 rings (SSSR count). The van der Waals surface area contributed by atoms with Crippen LogP contribution in [0.5, 0.6) is 0 Å². The second kappa shape index (κ2) is 7.64. The van der Waals surface area contributed by atoms with Gasteiger partial charge in [0, 0.05) is 17.5 Å². The van der Waals surface area contributed by atoms with E-state index in [4.69, 9.17) is 5.73 Å². The van der Waals surface area contributed by atoms with Gasteiger partial charge < -0.3 is 16.4 Å². The third-order valence-electron chi connectivity index (χ3n) is 4.79. The summed E-state index contributed by atoms with van der Waals surface area (Å²) in [4.78, 5) is 23.9. The SMILES string of the molecule is CC(C)(C)C(=O)NCC(=O)NC1C2CCCC1CC(N)C2.Cl. The lowest BCUT2D eigenvalue weighted by Gasteiger charge is -2.45. The minimum atomic E-state index is -0.464. The average molecular weight is 332 g/mol. The Hall–Kier alpha value is -0.810. The summed E-state index contributed by atoms with van der Waals surface area (Å²) in [5, 5.41) is 5.85. The van der Waals surface area contributed by atoms with Gasteiger partial charge in [0.05, 0.1) is 6.54 Å². The Morgan fingerprint density at radius 2 is 1.68 bits per heavy atom. The normalized spacial score (nSPS) is 30.9. The molecule has 0 radical (unpaired) electrons. The first-order valence-corrected chi connectivity index (χ1v) is 8.10. The standard InChI is InChI=1S/C16H29N3O2.ClH/c1-16(2,3)15(21)18-9-13(20)19-14-10-5-4-6-11(14)8-12(17)7-10;/h10-12,14H,4-9,17H2,1-3H3,(H,18,21)(H,19,20);1H. The number of hydrogen-bond donors (Lipinski definition) is 3. The molecule has 6 heteroatoms. The molecule has 0 aliphatic heterocycles. The Balaban J connectivity index is 0.00000242. The summed E-state index contributed by atoms with van der Waals surface area (Å²) in [6.07, 6.45) is 5.58. The van der Waals surface area contributed by atoms with Crippen molar-refractivity contribution in [2.24, 2.45) is 23.0 Å². The minimum absolute atomic E-state index is 0. The predicted molar refractivity (Wildman–Crippen MR) is 89.7 cm³/mol. The zero-order chi connectivity index (χ0) is 15.6. The summed E-state index contributed by atoms with van der Waals surface area (Å²) in [5.41, 5.74) is 5.63. The minimum Gasteiger partial charge on any atom is -0.351 e. The number of rotatable bonds is 3. The lowest BCUT2D eigenvalue weighted by Crippen LogP contribution is -2.55. The first-order valence-electron chi connectivity index (χ1n) is 8.10. The number of nitrogens with one attached hydrogen (secondary N) is 2. The van der Waals surface area contributed by atoms with E-state index in [1.54, 1.807) is 0 Å². The molecular weight excluding hydrogens is 302 g/mol. The zero-order valence-corrected chi connectivity index (χ0v) is 14.7. The molecule has 22 heavy (non-hydrogen) atoms. The number of fused-ring (bicyclic) bond motifs is 2. The summed E-state index contributed by atoms with van der Waals surface area (Å²) >= 11 is 0. The molecule has 0 saturated heterocycles. The molecule has 0 aromatic rings. The van der Waals surface area contributed by atoms with Gasteiger partial charge in [0.2, 0.25) is 11.8 Å². The molecule has 2 unspecified atom stereocenters. The largest absolute Gasteiger partial charge is 0.351 e. The summed E-state index contributed by atoms with van der Waals surface area (Å²) in [5.74, 6) is 0.845. The van der Waals surface area contributed by atoms with E-state index in [0.29, 0.717) is 11.8 Å². The van der Waals surface area contributed by atoms with Gasteiger partial charge in [0.15, 0.2) is 0 Å². The first-order chi connectivity index (χ1) is 9.77. The van der Waals surface area contributed by atoms with Crippen LogP contribution in [0.2, 0.25) is 0 Å². The molecule has 0 heterocycles. The lowest BCUT2D eigenvalue weighted by molar-refractivity contribution is -0.131. The van der Waals surface area contributed by atoms with Crippen molar-refractivity contribution in [3.05, 3.63) is 0 Å². The van der Waals surface area contributed by atoms with Gasteiger partial charge in [0.1, 0.15) is 0 Å². The van der Waals surface area contributed by atoms with E-state index in [2.05, 4.69) is 10.6 Å². The van der Waals surface area contributed by atoms with Crippen molar-refractivity contribution in [1.29, 1.82) is 0 Å². The third kappa shape index (κ3) is 4.85. The molecule has 0 spiro atoms. The fourth-order valence-electron chi connectivity index (χ4n) is 3.69. The number of nitrogens with two attached hydrogens (primary N) is 1. The summed E-state index contributed by atoms with van der Waals surface area (Å²) in [7, 11) is 0. The first kappa shape index (κ1) is 19.2. The van der Waals surface area contributed by atoms with Gasteiger partial charge in [-0.2, -0.15) is 0 Å². The van der Waals surface area contributed by atoms with Crippen LogP contribution in [0.4, 0.5) is 0 Å². The molecule has 2 bridgehead atoms. The van der Waals surface area contributed by atoms with Crippen LogP contribution in [0.25, 0.3) is 0 Å². The van der Waals surface area contributed by atoms with Crippen molar-refractivity contribution < 1.29 is 9.59 Å². The molecule has 128 valence electrons. The van der Waals surface area contributed by atoms with Crippen LogP contribution >= 0.6 is 12.4 Å². The van der Waals surface area contributed by atoms with Gasteiger partial charge in [0.25, 0.3) is 0 Å². The molecule has 0 aromatic carbocycles. The highest BCUT2D eigenvalue weighted by molar-refractivity contribution is 5.87. The smallest absolute Gasteiger partial charge is 0.239 e. The Bertz CT molecular complexity index is 395. The van der Waals surface area contributed by atoms with Crippen LogP contribution in [-0.2, 0) is 9.59 Å². The van der Waals surface area contributed by atoms with Crippen molar-refractivity contribution >= 4 is 24.2 Å². The fourth-order valence-corrected chi connectivity index (χ4v) is 3.69. The number of halogens is 1. The topological polar surface area (TPSA) is 84.2 Å². The molecule has 5 nitrogen and oxygen atoms in total. The van der Waals surface area contributed by atoms with Crippen LogP contribution in [0.15, 0.2) is 0 Å². The maximum Gasteiger partial charge on any atom is 0.239 e. The summed E-state index contributed by atoms with van der Waals surface area (Å²) in [6.45, 7) is 5.59. The van der Waals surface area contributed by atoms with Gasteiger partial charge >= 0.3 is 0 Å². The number of hydrogen-bond acceptors (Lipinski definition) is 3.